The number of hydrogen-bond acceptors (Lipinski definition) is 6. The van der Waals surface area contributed by atoms with Gasteiger partial charge in [-0.05, 0) is 29.1 Å². The first kappa shape index (κ1) is 18.9. The van der Waals surface area contributed by atoms with Crippen molar-refractivity contribution in [3.63, 3.8) is 0 Å². The van der Waals surface area contributed by atoms with Crippen LogP contribution in [-0.2, 0) is 13.2 Å². The highest BCUT2D eigenvalue weighted by Gasteiger charge is 2.30. The average molecular weight is 399 g/mol. The Morgan fingerprint density at radius 1 is 1.11 bits per heavy atom. The Labute approximate surface area is 155 Å². The van der Waals surface area contributed by atoms with Gasteiger partial charge < -0.3 is 14.8 Å². The van der Waals surface area contributed by atoms with Crippen LogP contribution in [0.1, 0.15) is 10.4 Å². The van der Waals surface area contributed by atoms with Gasteiger partial charge in [0.25, 0.3) is 0 Å². The molecule has 0 aliphatic heterocycles. The van der Waals surface area contributed by atoms with E-state index in [4.69, 9.17) is 4.74 Å². The smallest absolute Gasteiger partial charge is 0.459 e. The number of ether oxygens (including phenoxy) is 2. The van der Waals surface area contributed by atoms with E-state index in [0.717, 1.165) is 11.1 Å². The molecule has 0 amide bonds. The second-order valence-corrected chi connectivity index (χ2v) is 6.29. The van der Waals surface area contributed by atoms with Gasteiger partial charge in [0.15, 0.2) is 11.6 Å². The monoisotopic (exact) mass is 399 g/mol. The second kappa shape index (κ2) is 8.21. The lowest BCUT2D eigenvalue weighted by atomic mass is 10.2. The third kappa shape index (κ3) is 5.81. The van der Waals surface area contributed by atoms with Gasteiger partial charge in [0.2, 0.25) is 0 Å². The highest BCUT2D eigenvalue weighted by atomic mass is 32.1. The zero-order chi connectivity index (χ0) is 19.3. The maximum atomic E-state index is 13.8. The van der Waals surface area contributed by atoms with Crippen LogP contribution in [0.3, 0.4) is 0 Å². The molecule has 0 atom stereocenters. The van der Waals surface area contributed by atoms with E-state index in [9.17, 15) is 17.6 Å². The second-order valence-electron chi connectivity index (χ2n) is 5.26. The van der Waals surface area contributed by atoms with E-state index in [0.29, 0.717) is 12.1 Å². The molecule has 3 aromatic rings. The lowest BCUT2D eigenvalue weighted by molar-refractivity contribution is -0.274. The molecule has 1 N–H and O–H groups in total. The molecule has 0 bridgehead atoms. The average Bonchev–Trinajstić information content (AvgIpc) is 3.13. The van der Waals surface area contributed by atoms with Crippen molar-refractivity contribution < 1.29 is 27.0 Å². The normalized spacial score (nSPS) is 11.3. The third-order valence-corrected chi connectivity index (χ3v) is 4.13. The fourth-order valence-corrected chi connectivity index (χ4v) is 2.71. The molecule has 0 saturated heterocycles. The molecule has 0 unspecified atom stereocenters. The van der Waals surface area contributed by atoms with Crippen LogP contribution >= 0.6 is 11.3 Å². The summed E-state index contributed by atoms with van der Waals surface area (Å²) in [6.07, 6.45) is -3.76. The lowest BCUT2D eigenvalue weighted by Crippen LogP contribution is -2.17. The van der Waals surface area contributed by atoms with Crippen LogP contribution in [0.15, 0.2) is 48.0 Å². The van der Waals surface area contributed by atoms with Gasteiger partial charge in [0.1, 0.15) is 12.4 Å². The number of aromatic nitrogens is 2. The van der Waals surface area contributed by atoms with Crippen molar-refractivity contribution in [3.8, 4) is 11.8 Å². The molecule has 3 rings (SSSR count). The Morgan fingerprint density at radius 2 is 1.89 bits per heavy atom. The van der Waals surface area contributed by atoms with Gasteiger partial charge in [0, 0.05) is 4.88 Å². The van der Waals surface area contributed by atoms with Gasteiger partial charge in [-0.25, -0.2) is 9.37 Å². The number of thiophene rings is 1. The number of anilines is 1. The van der Waals surface area contributed by atoms with Crippen LogP contribution < -0.4 is 14.8 Å². The van der Waals surface area contributed by atoms with Crippen LogP contribution in [0.25, 0.3) is 0 Å². The van der Waals surface area contributed by atoms with Gasteiger partial charge in [-0.1, -0.05) is 18.2 Å². The van der Waals surface area contributed by atoms with Crippen molar-refractivity contribution in [3.05, 3.63) is 64.2 Å². The molecule has 2 heterocycles. The maximum Gasteiger partial charge on any atom is 0.573 e. The number of benzene rings is 1. The summed E-state index contributed by atoms with van der Waals surface area (Å²) in [4.78, 5) is 8.72. The Hall–Kier alpha value is -2.88. The highest BCUT2D eigenvalue weighted by Crippen LogP contribution is 2.23. The standard InChI is InChI=1S/C17H13F4N3O2S/c18-14-9-23-16(24-15(14)22-8-13-2-1-7-27-13)25-10-11-3-5-12(6-4-11)26-17(19,20)21/h1-7,9H,8,10H2,(H,22,23,24). The molecule has 142 valence electrons. The van der Waals surface area contributed by atoms with E-state index in [2.05, 4.69) is 20.0 Å². The molecule has 0 spiro atoms. The summed E-state index contributed by atoms with van der Waals surface area (Å²) in [5.74, 6) is -0.945. The lowest BCUT2D eigenvalue weighted by Gasteiger charge is -2.10. The number of alkyl halides is 3. The molecule has 0 aliphatic carbocycles. The number of halogens is 4. The van der Waals surface area contributed by atoms with Crippen molar-refractivity contribution >= 4 is 17.2 Å². The Bertz CT molecular complexity index is 871. The molecule has 0 aliphatic rings. The molecular weight excluding hydrogens is 386 g/mol. The Balaban J connectivity index is 1.58. The van der Waals surface area contributed by atoms with E-state index in [1.165, 1.54) is 35.6 Å². The first-order valence-electron chi connectivity index (χ1n) is 7.65. The first-order valence-corrected chi connectivity index (χ1v) is 8.53. The van der Waals surface area contributed by atoms with Gasteiger partial charge in [-0.15, -0.1) is 24.5 Å². The molecule has 5 nitrogen and oxygen atoms in total. The van der Waals surface area contributed by atoms with E-state index in [1.54, 1.807) is 0 Å². The van der Waals surface area contributed by atoms with Crippen molar-refractivity contribution in [2.24, 2.45) is 0 Å². The zero-order valence-electron chi connectivity index (χ0n) is 13.7. The van der Waals surface area contributed by atoms with Crippen LogP contribution in [0.5, 0.6) is 11.8 Å². The highest BCUT2D eigenvalue weighted by molar-refractivity contribution is 7.09. The first-order chi connectivity index (χ1) is 12.9. The molecule has 10 heteroatoms. The molecule has 1 aromatic carbocycles. The number of hydrogen-bond donors (Lipinski definition) is 1. The summed E-state index contributed by atoms with van der Waals surface area (Å²) in [5, 5.41) is 4.77. The number of nitrogens with one attached hydrogen (secondary N) is 1. The molecule has 2 aromatic heterocycles. The summed E-state index contributed by atoms with van der Waals surface area (Å²) in [5.41, 5.74) is 0.575. The minimum atomic E-state index is -4.74. The quantitative estimate of drug-likeness (QED) is 0.580. The van der Waals surface area contributed by atoms with Gasteiger partial charge in [0.05, 0.1) is 12.7 Å². The molecule has 27 heavy (non-hydrogen) atoms. The SMILES string of the molecule is Fc1cnc(OCc2ccc(OC(F)(F)F)cc2)nc1NCc1cccs1. The maximum absolute atomic E-state index is 13.8. The summed E-state index contributed by atoms with van der Waals surface area (Å²) < 4.78 is 59.4. The molecule has 0 saturated carbocycles. The van der Waals surface area contributed by atoms with Crippen LogP contribution in [0, 0.1) is 5.82 Å². The van der Waals surface area contributed by atoms with Crippen LogP contribution in [-0.4, -0.2) is 16.3 Å². The van der Waals surface area contributed by atoms with Crippen LogP contribution in [0.2, 0.25) is 0 Å². The van der Waals surface area contributed by atoms with Crippen molar-refractivity contribution in [1.82, 2.24) is 9.97 Å². The minimum absolute atomic E-state index is 0.00215. The summed E-state index contributed by atoms with van der Waals surface area (Å²) in [6.45, 7) is 0.411. The Kier molecular flexibility index (Phi) is 5.75. The van der Waals surface area contributed by atoms with E-state index in [-0.39, 0.29) is 24.2 Å². The zero-order valence-corrected chi connectivity index (χ0v) is 14.5. The predicted octanol–water partition coefficient (Wildman–Crippen LogP) is 4.77. The largest absolute Gasteiger partial charge is 0.573 e. The van der Waals surface area contributed by atoms with E-state index >= 15 is 0 Å². The summed E-state index contributed by atoms with van der Waals surface area (Å²) >= 11 is 1.52. The van der Waals surface area contributed by atoms with Gasteiger partial charge in [-0.2, -0.15) is 4.98 Å². The molecule has 0 fully saturated rings. The fraction of sp³-hybridized carbons (Fsp3) is 0.176. The van der Waals surface area contributed by atoms with Crippen LogP contribution in [0.4, 0.5) is 23.4 Å². The van der Waals surface area contributed by atoms with E-state index < -0.39 is 12.2 Å². The predicted molar refractivity (Wildman–Crippen MR) is 91.1 cm³/mol. The molecular formula is C17H13F4N3O2S. The van der Waals surface area contributed by atoms with Gasteiger partial charge in [-0.3, -0.25) is 0 Å². The van der Waals surface area contributed by atoms with E-state index in [1.807, 2.05) is 17.5 Å². The topological polar surface area (TPSA) is 56.3 Å². The fourth-order valence-electron chi connectivity index (χ4n) is 2.06. The summed E-state index contributed by atoms with van der Waals surface area (Å²) in [7, 11) is 0. The minimum Gasteiger partial charge on any atom is -0.459 e. The van der Waals surface area contributed by atoms with Crippen molar-refractivity contribution in [2.75, 3.05) is 5.32 Å². The summed E-state index contributed by atoms with van der Waals surface area (Å²) in [6, 6.07) is 8.91. The van der Waals surface area contributed by atoms with Gasteiger partial charge >= 0.3 is 12.4 Å². The Morgan fingerprint density at radius 3 is 2.56 bits per heavy atom. The third-order valence-electron chi connectivity index (χ3n) is 3.26. The van der Waals surface area contributed by atoms with Crippen molar-refractivity contribution in [2.45, 2.75) is 19.5 Å². The van der Waals surface area contributed by atoms with Crippen molar-refractivity contribution in [1.29, 1.82) is 0 Å². The molecule has 0 radical (unpaired) electrons. The number of rotatable bonds is 7. The number of nitrogens with zero attached hydrogens (tertiary/aromatic N) is 2.